The maximum atomic E-state index is 13.4. The largest absolute Gasteiger partial charge is 0.419 e. The lowest BCUT2D eigenvalue weighted by atomic mass is 10.1. The van der Waals surface area contributed by atoms with Crippen molar-refractivity contribution >= 4 is 27.3 Å². The standard InChI is InChI=1S/C24H21ClN2O3S/c1-16-11-13-19(14-12-16)31(28,29)24-23(26-15-18-8-4-6-10-21(18)25)30-22(27-24)20-9-5-3-7-17(20)2/h3-14,26H,15H2,1-2H3. The van der Waals surface area contributed by atoms with Crippen LogP contribution in [0.3, 0.4) is 0 Å². The average Bonchev–Trinajstić information content (AvgIpc) is 3.19. The Bertz CT molecular complexity index is 1330. The van der Waals surface area contributed by atoms with Crippen LogP contribution in [0.25, 0.3) is 11.5 Å². The molecule has 0 saturated heterocycles. The lowest BCUT2D eigenvalue weighted by molar-refractivity contribution is 0.576. The van der Waals surface area contributed by atoms with Crippen LogP contribution in [0.15, 0.2) is 87.1 Å². The van der Waals surface area contributed by atoms with Crippen molar-refractivity contribution in [2.45, 2.75) is 30.3 Å². The van der Waals surface area contributed by atoms with Gasteiger partial charge in [0, 0.05) is 17.1 Å². The van der Waals surface area contributed by atoms with E-state index in [1.54, 1.807) is 30.3 Å². The van der Waals surface area contributed by atoms with Crippen molar-refractivity contribution < 1.29 is 12.8 Å². The van der Waals surface area contributed by atoms with Gasteiger partial charge < -0.3 is 9.73 Å². The van der Waals surface area contributed by atoms with Crippen LogP contribution in [0.5, 0.6) is 0 Å². The zero-order valence-corrected chi connectivity index (χ0v) is 18.7. The second-order valence-corrected chi connectivity index (χ2v) is 9.50. The van der Waals surface area contributed by atoms with Gasteiger partial charge >= 0.3 is 0 Å². The first kappa shape index (κ1) is 21.2. The molecule has 0 spiro atoms. The monoisotopic (exact) mass is 452 g/mol. The van der Waals surface area contributed by atoms with Gasteiger partial charge in [-0.3, -0.25) is 0 Å². The summed E-state index contributed by atoms with van der Waals surface area (Å²) in [5.74, 6) is 0.323. The van der Waals surface area contributed by atoms with Gasteiger partial charge in [-0.05, 0) is 49.2 Å². The Morgan fingerprint density at radius 1 is 0.935 bits per heavy atom. The van der Waals surface area contributed by atoms with E-state index >= 15 is 0 Å². The summed E-state index contributed by atoms with van der Waals surface area (Å²) in [5, 5.41) is 3.50. The average molecular weight is 453 g/mol. The lowest BCUT2D eigenvalue weighted by Crippen LogP contribution is -2.07. The number of benzene rings is 3. The maximum absolute atomic E-state index is 13.4. The summed E-state index contributed by atoms with van der Waals surface area (Å²) < 4.78 is 32.7. The number of hydrogen-bond donors (Lipinski definition) is 1. The quantitative estimate of drug-likeness (QED) is 0.385. The molecule has 1 heterocycles. The van der Waals surface area contributed by atoms with Gasteiger partial charge in [-0.1, -0.05) is 65.7 Å². The molecule has 4 rings (SSSR count). The molecule has 0 aliphatic rings. The minimum atomic E-state index is -3.90. The number of sulfone groups is 1. The van der Waals surface area contributed by atoms with Crippen molar-refractivity contribution in [2.75, 3.05) is 5.32 Å². The third kappa shape index (κ3) is 4.36. The molecule has 0 atom stereocenters. The number of anilines is 1. The summed E-state index contributed by atoms with van der Waals surface area (Å²) >= 11 is 6.25. The van der Waals surface area contributed by atoms with E-state index in [4.69, 9.17) is 16.0 Å². The normalized spacial score (nSPS) is 11.5. The van der Waals surface area contributed by atoms with Gasteiger partial charge in [0.25, 0.3) is 0 Å². The van der Waals surface area contributed by atoms with E-state index < -0.39 is 9.84 Å². The van der Waals surface area contributed by atoms with Crippen LogP contribution < -0.4 is 5.32 Å². The van der Waals surface area contributed by atoms with Crippen LogP contribution in [-0.4, -0.2) is 13.4 Å². The molecule has 0 bridgehead atoms. The fourth-order valence-electron chi connectivity index (χ4n) is 3.17. The Hall–Kier alpha value is -3.09. The van der Waals surface area contributed by atoms with E-state index in [1.807, 2.05) is 56.3 Å². The first-order valence-electron chi connectivity index (χ1n) is 9.72. The highest BCUT2D eigenvalue weighted by Gasteiger charge is 2.29. The minimum absolute atomic E-state index is 0.0822. The van der Waals surface area contributed by atoms with E-state index in [1.165, 1.54) is 0 Å². The third-order valence-electron chi connectivity index (χ3n) is 4.95. The fraction of sp³-hybridized carbons (Fsp3) is 0.125. The maximum Gasteiger partial charge on any atom is 0.234 e. The molecule has 4 aromatic rings. The molecule has 7 heteroatoms. The Kier molecular flexibility index (Phi) is 5.85. The summed E-state index contributed by atoms with van der Waals surface area (Å²) in [6.07, 6.45) is 0. The molecule has 3 aromatic carbocycles. The number of halogens is 1. The number of rotatable bonds is 6. The zero-order chi connectivity index (χ0) is 22.0. The molecule has 0 unspecified atom stereocenters. The number of hydrogen-bond acceptors (Lipinski definition) is 5. The summed E-state index contributed by atoms with van der Waals surface area (Å²) in [4.78, 5) is 4.55. The van der Waals surface area contributed by atoms with Gasteiger partial charge in [0.2, 0.25) is 26.6 Å². The van der Waals surface area contributed by atoms with E-state index in [0.717, 1.165) is 22.3 Å². The first-order chi connectivity index (χ1) is 14.9. The van der Waals surface area contributed by atoms with Gasteiger partial charge in [0.1, 0.15) is 0 Å². The summed E-state index contributed by atoms with van der Waals surface area (Å²) in [7, 11) is -3.90. The van der Waals surface area contributed by atoms with Gasteiger partial charge in [-0.2, -0.15) is 4.98 Å². The molecule has 0 saturated carbocycles. The minimum Gasteiger partial charge on any atom is -0.419 e. The van der Waals surface area contributed by atoms with Crippen molar-refractivity contribution in [2.24, 2.45) is 0 Å². The van der Waals surface area contributed by atoms with E-state index in [0.29, 0.717) is 11.6 Å². The SMILES string of the molecule is Cc1ccc(S(=O)(=O)c2nc(-c3ccccc3C)oc2NCc2ccccc2Cl)cc1. The van der Waals surface area contributed by atoms with E-state index in [2.05, 4.69) is 10.3 Å². The number of aryl methyl sites for hydroxylation is 2. The summed E-state index contributed by atoms with van der Waals surface area (Å²) in [5.41, 5.74) is 3.45. The van der Waals surface area contributed by atoms with Crippen LogP contribution in [0.1, 0.15) is 16.7 Å². The van der Waals surface area contributed by atoms with Crippen LogP contribution in [0, 0.1) is 13.8 Å². The molecule has 0 aliphatic heterocycles. The van der Waals surface area contributed by atoms with Crippen LogP contribution in [0.4, 0.5) is 5.88 Å². The molecule has 158 valence electrons. The molecule has 0 fully saturated rings. The molecule has 1 N–H and O–H groups in total. The van der Waals surface area contributed by atoms with Gasteiger partial charge in [-0.25, -0.2) is 8.42 Å². The molecule has 0 aliphatic carbocycles. The predicted octanol–water partition coefficient (Wildman–Crippen LogP) is 6.06. The Morgan fingerprint density at radius 3 is 2.32 bits per heavy atom. The van der Waals surface area contributed by atoms with Crippen molar-refractivity contribution in [1.29, 1.82) is 0 Å². The van der Waals surface area contributed by atoms with Crippen molar-refractivity contribution in [3.8, 4) is 11.5 Å². The highest BCUT2D eigenvalue weighted by atomic mass is 35.5. The zero-order valence-electron chi connectivity index (χ0n) is 17.1. The van der Waals surface area contributed by atoms with Crippen molar-refractivity contribution in [1.82, 2.24) is 4.98 Å². The second kappa shape index (κ2) is 8.57. The van der Waals surface area contributed by atoms with Gasteiger partial charge in [0.05, 0.1) is 4.90 Å². The van der Waals surface area contributed by atoms with Crippen LogP contribution in [-0.2, 0) is 16.4 Å². The number of nitrogens with zero attached hydrogens (tertiary/aromatic N) is 1. The summed E-state index contributed by atoms with van der Waals surface area (Å²) in [6, 6.07) is 21.5. The number of nitrogens with one attached hydrogen (secondary N) is 1. The number of oxazole rings is 1. The summed E-state index contributed by atoms with van der Waals surface area (Å²) in [6.45, 7) is 4.11. The van der Waals surface area contributed by atoms with Crippen LogP contribution in [0.2, 0.25) is 5.02 Å². The predicted molar refractivity (Wildman–Crippen MR) is 122 cm³/mol. The molecular formula is C24H21ClN2O3S. The molecule has 31 heavy (non-hydrogen) atoms. The second-order valence-electron chi connectivity index (χ2n) is 7.23. The van der Waals surface area contributed by atoms with E-state index in [-0.39, 0.29) is 21.7 Å². The van der Waals surface area contributed by atoms with Crippen molar-refractivity contribution in [3.63, 3.8) is 0 Å². The highest BCUT2D eigenvalue weighted by molar-refractivity contribution is 7.91. The third-order valence-corrected chi connectivity index (χ3v) is 7.00. The Morgan fingerprint density at radius 2 is 1.61 bits per heavy atom. The molecule has 0 amide bonds. The smallest absolute Gasteiger partial charge is 0.234 e. The Labute approximate surface area is 186 Å². The Balaban J connectivity index is 1.79. The molecule has 5 nitrogen and oxygen atoms in total. The lowest BCUT2D eigenvalue weighted by Gasteiger charge is -2.08. The highest BCUT2D eigenvalue weighted by Crippen LogP contribution is 2.34. The van der Waals surface area contributed by atoms with Crippen LogP contribution >= 0.6 is 11.6 Å². The van der Waals surface area contributed by atoms with E-state index in [9.17, 15) is 8.42 Å². The number of aromatic nitrogens is 1. The van der Waals surface area contributed by atoms with Gasteiger partial charge in [0.15, 0.2) is 0 Å². The molecular weight excluding hydrogens is 432 g/mol. The van der Waals surface area contributed by atoms with Gasteiger partial charge in [-0.15, -0.1) is 0 Å². The molecule has 0 radical (unpaired) electrons. The topological polar surface area (TPSA) is 72.2 Å². The fourth-order valence-corrected chi connectivity index (χ4v) is 4.66. The first-order valence-corrected chi connectivity index (χ1v) is 11.6. The molecule has 1 aromatic heterocycles. The van der Waals surface area contributed by atoms with Crippen molar-refractivity contribution in [3.05, 3.63) is 94.5 Å².